The number of Topliss-reactive ketones (excluding diaryl/α,β-unsaturated/α-hetero) is 1. The number of hydrogen-bond acceptors (Lipinski definition) is 4. The molecule has 0 aromatic heterocycles. The third kappa shape index (κ3) is 2.58. The van der Waals surface area contributed by atoms with Crippen LogP contribution in [0.1, 0.15) is 36.2 Å². The van der Waals surface area contributed by atoms with Crippen molar-refractivity contribution in [1.82, 2.24) is 0 Å². The fourth-order valence-corrected chi connectivity index (χ4v) is 2.44. The highest BCUT2D eigenvalue weighted by Gasteiger charge is 2.33. The number of fused-ring (bicyclic) bond motifs is 1. The Morgan fingerprint density at radius 3 is 2.70 bits per heavy atom. The Bertz CT molecular complexity index is 579. The van der Waals surface area contributed by atoms with Gasteiger partial charge in [-0.2, -0.15) is 0 Å². The largest absolute Gasteiger partial charge is 0.505 e. The van der Waals surface area contributed by atoms with Gasteiger partial charge in [0.2, 0.25) is 0 Å². The molecule has 0 bridgehead atoms. The van der Waals surface area contributed by atoms with E-state index in [2.05, 4.69) is 0 Å². The molecule has 1 aromatic carbocycles. The number of ketones is 1. The number of carbonyl (C=O) groups is 2. The van der Waals surface area contributed by atoms with Crippen LogP contribution in [-0.4, -0.2) is 28.1 Å². The molecule has 0 saturated carbocycles. The van der Waals surface area contributed by atoms with Gasteiger partial charge in [-0.05, 0) is 12.0 Å². The van der Waals surface area contributed by atoms with Crippen LogP contribution in [0.5, 0.6) is 11.5 Å². The van der Waals surface area contributed by atoms with E-state index < -0.39 is 12.1 Å². The number of ether oxygens (including phenoxy) is 1. The number of phenols is 1. The zero-order chi connectivity index (χ0) is 15.0. The Balaban J connectivity index is 2.40. The van der Waals surface area contributed by atoms with Crippen molar-refractivity contribution in [3.05, 3.63) is 22.2 Å². The SMILES string of the molecule is CC(C)CC(=O)c1cc2c(c(Cl)c1O)OC(C(=O)O)C2. The predicted octanol–water partition coefficient (Wildman–Crippen LogP) is 2.66. The van der Waals surface area contributed by atoms with E-state index >= 15 is 0 Å². The maximum absolute atomic E-state index is 12.1. The molecule has 1 aliphatic rings. The second-order valence-corrected chi connectivity index (χ2v) is 5.62. The van der Waals surface area contributed by atoms with Crippen molar-refractivity contribution < 1.29 is 24.5 Å². The normalized spacial score (nSPS) is 16.9. The van der Waals surface area contributed by atoms with Gasteiger partial charge in [0.05, 0.1) is 5.56 Å². The van der Waals surface area contributed by atoms with Gasteiger partial charge >= 0.3 is 5.97 Å². The summed E-state index contributed by atoms with van der Waals surface area (Å²) in [6.07, 6.45) is -0.615. The van der Waals surface area contributed by atoms with E-state index in [4.69, 9.17) is 21.4 Å². The number of benzene rings is 1. The number of phenolic OH excluding ortho intramolecular Hbond substituents is 1. The molecule has 0 spiro atoms. The maximum Gasteiger partial charge on any atom is 0.345 e. The maximum atomic E-state index is 12.1. The molecule has 1 aliphatic heterocycles. The molecule has 1 aromatic rings. The van der Waals surface area contributed by atoms with Crippen molar-refractivity contribution in [2.24, 2.45) is 5.92 Å². The van der Waals surface area contributed by atoms with Crippen molar-refractivity contribution in [1.29, 1.82) is 0 Å². The van der Waals surface area contributed by atoms with Crippen LogP contribution in [0.15, 0.2) is 6.07 Å². The zero-order valence-electron chi connectivity index (χ0n) is 11.1. The van der Waals surface area contributed by atoms with Gasteiger partial charge in [0.25, 0.3) is 0 Å². The standard InChI is InChI=1S/C14H15ClO5/c1-6(2)3-9(16)8-4-7-5-10(14(18)19)20-13(7)11(15)12(8)17/h4,6,10,17H,3,5H2,1-2H3,(H,18,19). The number of carboxylic acid groups (broad SMARTS) is 1. The number of carboxylic acids is 1. The van der Waals surface area contributed by atoms with Gasteiger partial charge < -0.3 is 14.9 Å². The van der Waals surface area contributed by atoms with Gasteiger partial charge in [-0.15, -0.1) is 0 Å². The first-order valence-electron chi connectivity index (χ1n) is 6.28. The number of aliphatic carboxylic acids is 1. The minimum Gasteiger partial charge on any atom is -0.505 e. The molecular formula is C14H15ClO5. The number of halogens is 1. The molecule has 2 N–H and O–H groups in total. The van der Waals surface area contributed by atoms with Crippen molar-refractivity contribution in [2.75, 3.05) is 0 Å². The van der Waals surface area contributed by atoms with Crippen LogP contribution in [0.3, 0.4) is 0 Å². The highest BCUT2D eigenvalue weighted by atomic mass is 35.5. The molecule has 0 fully saturated rings. The topological polar surface area (TPSA) is 83.8 Å². The van der Waals surface area contributed by atoms with Gasteiger partial charge in [0, 0.05) is 18.4 Å². The van der Waals surface area contributed by atoms with Gasteiger partial charge in [0.1, 0.15) is 16.5 Å². The zero-order valence-corrected chi connectivity index (χ0v) is 11.9. The fourth-order valence-electron chi connectivity index (χ4n) is 2.17. The monoisotopic (exact) mass is 298 g/mol. The lowest BCUT2D eigenvalue weighted by molar-refractivity contribution is -0.144. The van der Waals surface area contributed by atoms with Crippen LogP contribution in [0.4, 0.5) is 0 Å². The molecule has 1 heterocycles. The molecule has 1 unspecified atom stereocenters. The molecule has 0 amide bonds. The summed E-state index contributed by atoms with van der Waals surface area (Å²) in [6, 6.07) is 1.48. The third-order valence-corrected chi connectivity index (χ3v) is 3.46. The first kappa shape index (κ1) is 14.7. The van der Waals surface area contributed by atoms with Gasteiger partial charge in [0.15, 0.2) is 11.9 Å². The molecule has 1 atom stereocenters. The van der Waals surface area contributed by atoms with Crippen LogP contribution < -0.4 is 4.74 Å². The predicted molar refractivity (Wildman–Crippen MR) is 72.7 cm³/mol. The minimum absolute atomic E-state index is 0.0987. The summed E-state index contributed by atoms with van der Waals surface area (Å²) >= 11 is 5.97. The summed E-state index contributed by atoms with van der Waals surface area (Å²) < 4.78 is 5.19. The highest BCUT2D eigenvalue weighted by Crippen LogP contribution is 2.44. The Kier molecular flexibility index (Phi) is 3.90. The average Bonchev–Trinajstić information content (AvgIpc) is 2.77. The van der Waals surface area contributed by atoms with E-state index in [-0.39, 0.29) is 46.6 Å². The van der Waals surface area contributed by atoms with E-state index in [0.29, 0.717) is 5.56 Å². The van der Waals surface area contributed by atoms with Crippen molar-refractivity contribution in [3.8, 4) is 11.5 Å². The Labute approximate surface area is 121 Å². The van der Waals surface area contributed by atoms with Gasteiger partial charge in [-0.25, -0.2) is 4.79 Å². The Morgan fingerprint density at radius 1 is 1.50 bits per heavy atom. The molecule has 0 saturated heterocycles. The van der Waals surface area contributed by atoms with E-state index in [0.717, 1.165) is 0 Å². The van der Waals surface area contributed by atoms with Crippen LogP contribution in [0, 0.1) is 5.92 Å². The molecule has 5 nitrogen and oxygen atoms in total. The smallest absolute Gasteiger partial charge is 0.345 e. The van der Waals surface area contributed by atoms with E-state index in [9.17, 15) is 14.7 Å². The first-order chi connectivity index (χ1) is 9.31. The van der Waals surface area contributed by atoms with Crippen molar-refractivity contribution >= 4 is 23.4 Å². The second-order valence-electron chi connectivity index (χ2n) is 5.24. The van der Waals surface area contributed by atoms with Gasteiger partial charge in [-0.1, -0.05) is 25.4 Å². The van der Waals surface area contributed by atoms with Gasteiger partial charge in [-0.3, -0.25) is 4.79 Å². The van der Waals surface area contributed by atoms with Crippen LogP contribution in [0.25, 0.3) is 0 Å². The Morgan fingerprint density at radius 2 is 2.15 bits per heavy atom. The summed E-state index contributed by atoms with van der Waals surface area (Å²) in [5.41, 5.74) is 0.657. The molecule has 6 heteroatoms. The number of hydrogen-bond donors (Lipinski definition) is 2. The highest BCUT2D eigenvalue weighted by molar-refractivity contribution is 6.34. The van der Waals surface area contributed by atoms with Crippen LogP contribution in [-0.2, 0) is 11.2 Å². The van der Waals surface area contributed by atoms with Crippen molar-refractivity contribution in [2.45, 2.75) is 32.8 Å². The Hall–Kier alpha value is -1.75. The number of rotatable bonds is 4. The minimum atomic E-state index is -1.10. The summed E-state index contributed by atoms with van der Waals surface area (Å²) in [7, 11) is 0. The van der Waals surface area contributed by atoms with E-state index in [1.807, 2.05) is 13.8 Å². The molecule has 108 valence electrons. The summed E-state index contributed by atoms with van der Waals surface area (Å²) in [4.78, 5) is 23.0. The molecule has 0 radical (unpaired) electrons. The molecule has 0 aliphatic carbocycles. The van der Waals surface area contributed by atoms with Crippen molar-refractivity contribution in [3.63, 3.8) is 0 Å². The second kappa shape index (κ2) is 5.32. The molecule has 2 rings (SSSR count). The lowest BCUT2D eigenvalue weighted by atomic mass is 9.97. The fraction of sp³-hybridized carbons (Fsp3) is 0.429. The first-order valence-corrected chi connectivity index (χ1v) is 6.66. The molecule has 20 heavy (non-hydrogen) atoms. The third-order valence-electron chi connectivity index (χ3n) is 3.11. The number of aromatic hydroxyl groups is 1. The van der Waals surface area contributed by atoms with E-state index in [1.54, 1.807) is 0 Å². The summed E-state index contributed by atoms with van der Waals surface area (Å²) in [5.74, 6) is -1.37. The summed E-state index contributed by atoms with van der Waals surface area (Å²) in [5, 5.41) is 18.8. The van der Waals surface area contributed by atoms with Crippen LogP contribution in [0.2, 0.25) is 5.02 Å². The van der Waals surface area contributed by atoms with Crippen LogP contribution >= 0.6 is 11.6 Å². The average molecular weight is 299 g/mol. The van der Waals surface area contributed by atoms with E-state index in [1.165, 1.54) is 6.07 Å². The lowest BCUT2D eigenvalue weighted by Crippen LogP contribution is -2.24. The quantitative estimate of drug-likeness (QED) is 0.835. The summed E-state index contributed by atoms with van der Waals surface area (Å²) in [6.45, 7) is 3.79. The molecular weight excluding hydrogens is 284 g/mol. The lowest BCUT2D eigenvalue weighted by Gasteiger charge is -2.11. The number of carbonyl (C=O) groups excluding carboxylic acids is 1.